The van der Waals surface area contributed by atoms with Crippen LogP contribution in [0.25, 0.3) is 0 Å². The molecule has 0 bridgehead atoms. The van der Waals surface area contributed by atoms with Gasteiger partial charge in [0.2, 0.25) is 0 Å². The summed E-state index contributed by atoms with van der Waals surface area (Å²) in [7, 11) is 2.08. The topological polar surface area (TPSA) is 39.9 Å². The predicted molar refractivity (Wildman–Crippen MR) is 48.7 cm³/mol. The molecule has 0 amide bonds. The summed E-state index contributed by atoms with van der Waals surface area (Å²) < 4.78 is 0. The van der Waals surface area contributed by atoms with Crippen molar-refractivity contribution in [2.45, 2.75) is 19.5 Å². The van der Waals surface area contributed by atoms with E-state index in [4.69, 9.17) is 5.26 Å². The standard InChI is InChI=1S/C10H11N3/c1-13-6-9-4-8(2-3-11)5-12-10(9)7-13/h4-5H,2,6-7H2,1H3. The highest BCUT2D eigenvalue weighted by molar-refractivity contribution is 5.29. The Bertz CT molecular complexity index is 365. The van der Waals surface area contributed by atoms with Crippen LogP contribution in [0.15, 0.2) is 12.3 Å². The summed E-state index contributed by atoms with van der Waals surface area (Å²) >= 11 is 0. The molecular formula is C10H11N3. The van der Waals surface area contributed by atoms with E-state index in [2.05, 4.69) is 29.1 Å². The van der Waals surface area contributed by atoms with Gasteiger partial charge < -0.3 is 0 Å². The van der Waals surface area contributed by atoms with E-state index in [0.717, 1.165) is 24.3 Å². The van der Waals surface area contributed by atoms with Crippen molar-refractivity contribution in [1.82, 2.24) is 9.88 Å². The Hall–Kier alpha value is -1.40. The van der Waals surface area contributed by atoms with Gasteiger partial charge in [0.1, 0.15) is 0 Å². The SMILES string of the molecule is CN1Cc2cc(CC#N)cnc2C1. The molecule has 66 valence electrons. The zero-order valence-electron chi connectivity index (χ0n) is 7.62. The van der Waals surface area contributed by atoms with Crippen LogP contribution in [-0.2, 0) is 19.5 Å². The Morgan fingerprint density at radius 3 is 3.23 bits per heavy atom. The summed E-state index contributed by atoms with van der Waals surface area (Å²) in [5, 5.41) is 8.53. The lowest BCUT2D eigenvalue weighted by molar-refractivity contribution is 0.351. The van der Waals surface area contributed by atoms with Gasteiger partial charge in [-0.15, -0.1) is 0 Å². The Kier molecular flexibility index (Phi) is 1.99. The Labute approximate surface area is 77.6 Å². The minimum atomic E-state index is 0.462. The third-order valence-electron chi connectivity index (χ3n) is 2.26. The molecule has 0 saturated carbocycles. The summed E-state index contributed by atoms with van der Waals surface area (Å²) in [6, 6.07) is 4.23. The van der Waals surface area contributed by atoms with Crippen molar-refractivity contribution >= 4 is 0 Å². The van der Waals surface area contributed by atoms with Gasteiger partial charge in [0.05, 0.1) is 18.2 Å². The van der Waals surface area contributed by atoms with Crippen molar-refractivity contribution in [3.63, 3.8) is 0 Å². The number of rotatable bonds is 1. The number of hydrogen-bond donors (Lipinski definition) is 0. The molecule has 1 aliphatic heterocycles. The van der Waals surface area contributed by atoms with E-state index in [1.165, 1.54) is 5.56 Å². The number of aromatic nitrogens is 1. The third kappa shape index (κ3) is 1.53. The van der Waals surface area contributed by atoms with Crippen LogP contribution in [0, 0.1) is 11.3 Å². The first-order valence-corrected chi connectivity index (χ1v) is 4.32. The molecule has 2 heterocycles. The van der Waals surface area contributed by atoms with Crippen molar-refractivity contribution in [2.75, 3.05) is 7.05 Å². The number of nitriles is 1. The van der Waals surface area contributed by atoms with Gasteiger partial charge in [0.25, 0.3) is 0 Å². The van der Waals surface area contributed by atoms with Crippen LogP contribution in [-0.4, -0.2) is 16.9 Å². The molecule has 2 rings (SSSR count). The van der Waals surface area contributed by atoms with Crippen LogP contribution in [0.5, 0.6) is 0 Å². The van der Waals surface area contributed by atoms with Crippen molar-refractivity contribution in [3.8, 4) is 6.07 Å². The fourth-order valence-electron chi connectivity index (χ4n) is 1.66. The van der Waals surface area contributed by atoms with Crippen molar-refractivity contribution in [3.05, 3.63) is 29.1 Å². The van der Waals surface area contributed by atoms with Gasteiger partial charge in [-0.25, -0.2) is 0 Å². The molecule has 0 spiro atoms. The number of pyridine rings is 1. The van der Waals surface area contributed by atoms with Crippen molar-refractivity contribution in [2.24, 2.45) is 0 Å². The molecule has 0 aromatic carbocycles. The zero-order valence-corrected chi connectivity index (χ0v) is 7.62. The van der Waals surface area contributed by atoms with Crippen LogP contribution >= 0.6 is 0 Å². The van der Waals surface area contributed by atoms with Gasteiger partial charge in [-0.05, 0) is 18.2 Å². The molecule has 0 unspecified atom stereocenters. The lowest BCUT2D eigenvalue weighted by atomic mass is 10.1. The van der Waals surface area contributed by atoms with E-state index in [1.54, 1.807) is 6.20 Å². The van der Waals surface area contributed by atoms with Gasteiger partial charge >= 0.3 is 0 Å². The lowest BCUT2D eigenvalue weighted by Gasteiger charge is -2.02. The predicted octanol–water partition coefficient (Wildman–Crippen LogP) is 1.09. The maximum absolute atomic E-state index is 8.53. The van der Waals surface area contributed by atoms with Gasteiger partial charge in [0, 0.05) is 19.3 Å². The minimum Gasteiger partial charge on any atom is -0.296 e. The molecule has 3 heteroatoms. The molecule has 0 atom stereocenters. The van der Waals surface area contributed by atoms with E-state index in [-0.39, 0.29) is 0 Å². The highest BCUT2D eigenvalue weighted by atomic mass is 15.1. The first kappa shape index (κ1) is 8.21. The van der Waals surface area contributed by atoms with Crippen LogP contribution in [0.4, 0.5) is 0 Å². The van der Waals surface area contributed by atoms with Crippen LogP contribution in [0.1, 0.15) is 16.8 Å². The summed E-state index contributed by atoms with van der Waals surface area (Å²) in [6.45, 7) is 1.89. The fourth-order valence-corrected chi connectivity index (χ4v) is 1.66. The number of fused-ring (bicyclic) bond motifs is 1. The molecule has 1 aliphatic rings. The normalized spacial score (nSPS) is 15.4. The molecule has 13 heavy (non-hydrogen) atoms. The summed E-state index contributed by atoms with van der Waals surface area (Å²) in [5.41, 5.74) is 3.45. The van der Waals surface area contributed by atoms with Crippen LogP contribution in [0.2, 0.25) is 0 Å². The molecule has 0 saturated heterocycles. The molecule has 0 radical (unpaired) electrons. The van der Waals surface area contributed by atoms with Gasteiger partial charge in [0.15, 0.2) is 0 Å². The molecule has 0 fully saturated rings. The second-order valence-corrected chi connectivity index (χ2v) is 3.46. The molecule has 3 nitrogen and oxygen atoms in total. The van der Waals surface area contributed by atoms with E-state index < -0.39 is 0 Å². The first-order chi connectivity index (χ1) is 6.29. The van der Waals surface area contributed by atoms with Gasteiger partial charge in [-0.1, -0.05) is 6.07 Å². The van der Waals surface area contributed by atoms with E-state index in [1.807, 2.05) is 0 Å². The van der Waals surface area contributed by atoms with Crippen LogP contribution in [0.3, 0.4) is 0 Å². The largest absolute Gasteiger partial charge is 0.296 e. The monoisotopic (exact) mass is 173 g/mol. The summed E-state index contributed by atoms with van der Waals surface area (Å²) in [5.74, 6) is 0. The highest BCUT2D eigenvalue weighted by Gasteiger charge is 2.16. The first-order valence-electron chi connectivity index (χ1n) is 4.32. The maximum atomic E-state index is 8.53. The lowest BCUT2D eigenvalue weighted by Crippen LogP contribution is -2.07. The van der Waals surface area contributed by atoms with Crippen LogP contribution < -0.4 is 0 Å². The summed E-state index contributed by atoms with van der Waals surface area (Å²) in [6.07, 6.45) is 2.27. The van der Waals surface area contributed by atoms with Crippen molar-refractivity contribution < 1.29 is 0 Å². The summed E-state index contributed by atoms with van der Waals surface area (Å²) in [4.78, 5) is 6.55. The number of nitrogens with zero attached hydrogens (tertiary/aromatic N) is 3. The highest BCUT2D eigenvalue weighted by Crippen LogP contribution is 2.19. The van der Waals surface area contributed by atoms with E-state index in [0.29, 0.717) is 6.42 Å². The second kappa shape index (κ2) is 3.15. The van der Waals surface area contributed by atoms with Gasteiger partial charge in [-0.3, -0.25) is 9.88 Å². The third-order valence-corrected chi connectivity index (χ3v) is 2.26. The maximum Gasteiger partial charge on any atom is 0.0670 e. The Balaban J connectivity index is 2.30. The molecule has 1 aromatic rings. The average molecular weight is 173 g/mol. The van der Waals surface area contributed by atoms with Gasteiger partial charge in [-0.2, -0.15) is 5.26 Å². The quantitative estimate of drug-likeness (QED) is 0.638. The molecule has 0 aliphatic carbocycles. The average Bonchev–Trinajstić information content (AvgIpc) is 2.44. The fraction of sp³-hybridized carbons (Fsp3) is 0.400. The van der Waals surface area contributed by atoms with E-state index >= 15 is 0 Å². The molecular weight excluding hydrogens is 162 g/mol. The smallest absolute Gasteiger partial charge is 0.0670 e. The molecule has 1 aromatic heterocycles. The Morgan fingerprint density at radius 2 is 2.46 bits per heavy atom. The van der Waals surface area contributed by atoms with E-state index in [9.17, 15) is 0 Å². The minimum absolute atomic E-state index is 0.462. The molecule has 0 N–H and O–H groups in total. The van der Waals surface area contributed by atoms with Crippen molar-refractivity contribution in [1.29, 1.82) is 5.26 Å². The number of hydrogen-bond acceptors (Lipinski definition) is 3. The second-order valence-electron chi connectivity index (χ2n) is 3.46. The Morgan fingerprint density at radius 1 is 1.62 bits per heavy atom. The zero-order chi connectivity index (χ0) is 9.26.